The zero-order chi connectivity index (χ0) is 25.6. The van der Waals surface area contributed by atoms with E-state index in [9.17, 15) is 27.9 Å². The van der Waals surface area contributed by atoms with Crippen LogP contribution in [0.3, 0.4) is 0 Å². The molecule has 0 atom stereocenters. The molecule has 2 aromatic carbocycles. The van der Waals surface area contributed by atoms with Gasteiger partial charge < -0.3 is 19.9 Å². The van der Waals surface area contributed by atoms with Gasteiger partial charge in [0.2, 0.25) is 5.91 Å². The number of carbonyl (C=O) groups excluding carboxylic acids is 1. The normalized spacial score (nSPS) is 11.8. The van der Waals surface area contributed by atoms with Gasteiger partial charge in [-0.15, -0.1) is 13.2 Å². The molecule has 0 aliphatic heterocycles. The molecule has 0 unspecified atom stereocenters. The third-order valence-electron chi connectivity index (χ3n) is 5.77. The molecule has 2 N–H and O–H groups in total. The Hall–Kier alpha value is -3.82. The van der Waals surface area contributed by atoms with Crippen LogP contribution in [0.25, 0.3) is 10.9 Å². The zero-order valence-electron chi connectivity index (χ0n) is 19.2. The maximum atomic E-state index is 12.5. The Morgan fingerprint density at radius 1 is 1.00 bits per heavy atom. The van der Waals surface area contributed by atoms with Crippen molar-refractivity contribution in [1.29, 1.82) is 0 Å². The number of ether oxygens (including phenoxy) is 2. The van der Waals surface area contributed by atoms with Crippen LogP contribution >= 0.6 is 0 Å². The van der Waals surface area contributed by atoms with Crippen LogP contribution in [0.15, 0.2) is 54.6 Å². The Labute approximate surface area is 199 Å². The molecule has 7 nitrogen and oxygen atoms in total. The van der Waals surface area contributed by atoms with Gasteiger partial charge in [0, 0.05) is 29.6 Å². The summed E-state index contributed by atoms with van der Waals surface area (Å²) in [7, 11) is 0. The standard InChI is InChI=1S/C25H25F3N2O5/c1-3-24(4-2,23(32)33)14-22(31)30-17-6-5-7-19(12-17)34-15-18-10-8-16-9-11-20(13-21(16)29-18)35-25(26,27)28/h5-13H,3-4,14-15H2,1-2H3,(H,30,31)(H,32,33). The minimum Gasteiger partial charge on any atom is -0.487 e. The van der Waals surface area contributed by atoms with E-state index < -0.39 is 23.7 Å². The predicted molar refractivity (Wildman–Crippen MR) is 123 cm³/mol. The van der Waals surface area contributed by atoms with Gasteiger partial charge in [-0.25, -0.2) is 4.98 Å². The lowest BCUT2D eigenvalue weighted by Gasteiger charge is -2.25. The van der Waals surface area contributed by atoms with Crippen molar-refractivity contribution in [3.05, 3.63) is 60.3 Å². The second kappa shape index (κ2) is 10.6. The van der Waals surface area contributed by atoms with E-state index in [1.165, 1.54) is 18.2 Å². The number of amides is 1. The molecule has 0 aliphatic rings. The number of fused-ring (bicyclic) bond motifs is 1. The van der Waals surface area contributed by atoms with Gasteiger partial charge >= 0.3 is 12.3 Å². The molecule has 35 heavy (non-hydrogen) atoms. The average Bonchev–Trinajstić information content (AvgIpc) is 2.80. The highest BCUT2D eigenvalue weighted by molar-refractivity contribution is 5.94. The number of hydrogen-bond donors (Lipinski definition) is 2. The first-order valence-corrected chi connectivity index (χ1v) is 10.9. The van der Waals surface area contributed by atoms with E-state index in [0.29, 0.717) is 40.9 Å². The largest absolute Gasteiger partial charge is 0.573 e. The number of aliphatic carboxylic acids is 1. The monoisotopic (exact) mass is 490 g/mol. The molecule has 1 aromatic heterocycles. The molecule has 0 saturated carbocycles. The molecule has 10 heteroatoms. The fourth-order valence-corrected chi connectivity index (χ4v) is 3.63. The third kappa shape index (κ3) is 6.84. The van der Waals surface area contributed by atoms with Crippen molar-refractivity contribution in [2.24, 2.45) is 5.41 Å². The number of aromatic nitrogens is 1. The van der Waals surface area contributed by atoms with Crippen molar-refractivity contribution in [1.82, 2.24) is 4.98 Å². The van der Waals surface area contributed by atoms with E-state index >= 15 is 0 Å². The highest BCUT2D eigenvalue weighted by atomic mass is 19.4. The van der Waals surface area contributed by atoms with Gasteiger partial charge in [0.05, 0.1) is 16.6 Å². The van der Waals surface area contributed by atoms with E-state index in [0.717, 1.165) is 0 Å². The van der Waals surface area contributed by atoms with Gasteiger partial charge in [0.25, 0.3) is 0 Å². The lowest BCUT2D eigenvalue weighted by Crippen LogP contribution is -2.34. The van der Waals surface area contributed by atoms with Crippen molar-refractivity contribution in [2.45, 2.75) is 46.1 Å². The summed E-state index contributed by atoms with van der Waals surface area (Å²) in [5.74, 6) is -1.36. The van der Waals surface area contributed by atoms with Crippen molar-refractivity contribution in [3.8, 4) is 11.5 Å². The maximum absolute atomic E-state index is 12.5. The number of carboxylic acids is 1. The molecule has 3 rings (SSSR count). The van der Waals surface area contributed by atoms with E-state index in [4.69, 9.17) is 4.74 Å². The van der Waals surface area contributed by atoms with Gasteiger partial charge in [-0.1, -0.05) is 26.0 Å². The average molecular weight is 490 g/mol. The highest BCUT2D eigenvalue weighted by Crippen LogP contribution is 2.32. The lowest BCUT2D eigenvalue weighted by atomic mass is 9.79. The van der Waals surface area contributed by atoms with Gasteiger partial charge in [-0.05, 0) is 43.2 Å². The molecular weight excluding hydrogens is 465 g/mol. The number of carboxylic acid groups (broad SMARTS) is 1. The van der Waals surface area contributed by atoms with E-state index in [1.807, 2.05) is 0 Å². The highest BCUT2D eigenvalue weighted by Gasteiger charge is 2.37. The van der Waals surface area contributed by atoms with E-state index in [2.05, 4.69) is 15.0 Å². The Kier molecular flexibility index (Phi) is 7.83. The summed E-state index contributed by atoms with van der Waals surface area (Å²) in [5.41, 5.74) is 0.126. The van der Waals surface area contributed by atoms with Crippen LogP contribution in [0.5, 0.6) is 11.5 Å². The lowest BCUT2D eigenvalue weighted by molar-refractivity contribution is -0.274. The van der Waals surface area contributed by atoms with Gasteiger partial charge in [-0.3, -0.25) is 9.59 Å². The summed E-state index contributed by atoms with van der Waals surface area (Å²) < 4.78 is 47.1. The van der Waals surface area contributed by atoms with Crippen LogP contribution in [0.4, 0.5) is 18.9 Å². The molecule has 0 bridgehead atoms. The smallest absolute Gasteiger partial charge is 0.487 e. The van der Waals surface area contributed by atoms with Crippen LogP contribution in [0.1, 0.15) is 38.8 Å². The number of benzene rings is 2. The number of rotatable bonds is 10. The topological polar surface area (TPSA) is 97.8 Å². The van der Waals surface area contributed by atoms with Crippen LogP contribution in [-0.2, 0) is 16.2 Å². The van der Waals surface area contributed by atoms with Crippen molar-refractivity contribution in [3.63, 3.8) is 0 Å². The number of nitrogens with one attached hydrogen (secondary N) is 1. The number of nitrogens with zero attached hydrogens (tertiary/aromatic N) is 1. The maximum Gasteiger partial charge on any atom is 0.573 e. The van der Waals surface area contributed by atoms with E-state index in [-0.39, 0.29) is 18.8 Å². The molecule has 0 spiro atoms. The number of pyridine rings is 1. The quantitative estimate of drug-likeness (QED) is 0.366. The first-order chi connectivity index (χ1) is 16.5. The number of alkyl halides is 3. The minimum atomic E-state index is -4.79. The summed E-state index contributed by atoms with van der Waals surface area (Å²) in [5, 5.41) is 12.9. The first-order valence-electron chi connectivity index (χ1n) is 10.9. The fraction of sp³-hybridized carbons (Fsp3) is 0.320. The zero-order valence-corrected chi connectivity index (χ0v) is 19.2. The van der Waals surface area contributed by atoms with Crippen LogP contribution in [0, 0.1) is 5.41 Å². The third-order valence-corrected chi connectivity index (χ3v) is 5.77. The summed E-state index contributed by atoms with van der Waals surface area (Å²) in [6.07, 6.45) is -4.28. The Morgan fingerprint density at radius 2 is 1.71 bits per heavy atom. The van der Waals surface area contributed by atoms with Gasteiger partial charge in [0.1, 0.15) is 18.1 Å². The van der Waals surface area contributed by atoms with Crippen molar-refractivity contribution in [2.75, 3.05) is 5.32 Å². The summed E-state index contributed by atoms with van der Waals surface area (Å²) in [6.45, 7) is 3.51. The van der Waals surface area contributed by atoms with Crippen molar-refractivity contribution >= 4 is 28.5 Å². The van der Waals surface area contributed by atoms with Crippen LogP contribution in [0.2, 0.25) is 0 Å². The Morgan fingerprint density at radius 3 is 2.37 bits per heavy atom. The number of carbonyl (C=O) groups is 2. The molecule has 0 fully saturated rings. The van der Waals surface area contributed by atoms with E-state index in [1.54, 1.807) is 50.2 Å². The Balaban J connectivity index is 1.66. The predicted octanol–water partition coefficient (Wildman–Crippen LogP) is 5.93. The summed E-state index contributed by atoms with van der Waals surface area (Å²) >= 11 is 0. The second-order valence-corrected chi connectivity index (χ2v) is 8.04. The molecule has 0 saturated heterocycles. The molecule has 0 aliphatic carbocycles. The molecular formula is C25H25F3N2O5. The SMILES string of the molecule is CCC(CC)(CC(=O)Nc1cccc(OCc2ccc3ccc(OC(F)(F)F)cc3n2)c1)C(=O)O. The fourth-order valence-electron chi connectivity index (χ4n) is 3.63. The number of anilines is 1. The molecule has 1 heterocycles. The number of hydrogen-bond acceptors (Lipinski definition) is 5. The van der Waals surface area contributed by atoms with Gasteiger partial charge in [-0.2, -0.15) is 0 Å². The van der Waals surface area contributed by atoms with Crippen molar-refractivity contribution < 1.29 is 37.3 Å². The molecule has 186 valence electrons. The van der Waals surface area contributed by atoms with Crippen LogP contribution < -0.4 is 14.8 Å². The second-order valence-electron chi connectivity index (χ2n) is 8.04. The molecule has 3 aromatic rings. The summed E-state index contributed by atoms with van der Waals surface area (Å²) in [4.78, 5) is 28.4. The molecule has 1 amide bonds. The van der Waals surface area contributed by atoms with Gasteiger partial charge in [0.15, 0.2) is 0 Å². The summed E-state index contributed by atoms with van der Waals surface area (Å²) in [6, 6.07) is 13.9. The van der Waals surface area contributed by atoms with Crippen LogP contribution in [-0.4, -0.2) is 28.3 Å². The Bertz CT molecular complexity index is 1210. The number of halogens is 3. The first kappa shape index (κ1) is 25.8. The molecule has 0 radical (unpaired) electrons. The minimum absolute atomic E-state index is 0.0332.